The maximum atomic E-state index is 15.0. The molecule has 3 aliphatic heterocycles. The first-order chi connectivity index (χ1) is 29.8. The molecule has 0 aliphatic carbocycles. The van der Waals surface area contributed by atoms with Gasteiger partial charge >= 0.3 is 11.7 Å². The van der Waals surface area contributed by atoms with Gasteiger partial charge in [-0.3, -0.25) is 9.69 Å². The molecule has 2 aromatic heterocycles. The summed E-state index contributed by atoms with van der Waals surface area (Å²) in [6.45, 7) is 13.4. The van der Waals surface area contributed by atoms with Gasteiger partial charge in [-0.2, -0.15) is 10.2 Å². The number of esters is 1. The normalized spacial score (nSPS) is 20.7. The highest BCUT2D eigenvalue weighted by Crippen LogP contribution is 2.38. The van der Waals surface area contributed by atoms with Crippen molar-refractivity contribution < 1.29 is 32.5 Å². The second kappa shape index (κ2) is 18.3. The van der Waals surface area contributed by atoms with E-state index >= 15 is 0 Å². The molecular weight excluding hydrogens is 803 g/mol. The second-order valence-electron chi connectivity index (χ2n) is 17.2. The topological polar surface area (TPSA) is 137 Å². The number of carbonyl (C=O) groups is 1. The predicted octanol–water partition coefficient (Wildman–Crippen LogP) is 3.78. The van der Waals surface area contributed by atoms with Crippen LogP contribution in [0.25, 0.3) is 5.69 Å². The van der Waals surface area contributed by atoms with Crippen molar-refractivity contribution in [3.8, 4) is 11.4 Å². The fourth-order valence-corrected chi connectivity index (χ4v) is 7.94. The average Bonchev–Trinajstić information content (AvgIpc) is 4.02. The van der Waals surface area contributed by atoms with Gasteiger partial charge in [-0.1, -0.05) is 20.8 Å². The van der Waals surface area contributed by atoms with Crippen LogP contribution in [0.2, 0.25) is 0 Å². The molecule has 3 atom stereocenters. The highest BCUT2D eigenvalue weighted by atomic mass is 19.1. The lowest BCUT2D eigenvalue weighted by Gasteiger charge is -2.37. The van der Waals surface area contributed by atoms with E-state index in [2.05, 4.69) is 41.8 Å². The Bertz CT molecular complexity index is 2320. The third-order valence-corrected chi connectivity index (χ3v) is 11.7. The predicted molar refractivity (Wildman–Crippen MR) is 226 cm³/mol. The highest BCUT2D eigenvalue weighted by Gasteiger charge is 2.46. The lowest BCUT2D eigenvalue weighted by Crippen LogP contribution is -2.47. The average molecular weight is 857 g/mol. The number of hydrogen-bond acceptors (Lipinski definition) is 13. The molecule has 0 spiro atoms. The summed E-state index contributed by atoms with van der Waals surface area (Å²) in [5.41, 5.74) is 2.20. The van der Waals surface area contributed by atoms with Gasteiger partial charge in [0, 0.05) is 80.8 Å². The van der Waals surface area contributed by atoms with Gasteiger partial charge in [0.15, 0.2) is 0 Å². The van der Waals surface area contributed by atoms with E-state index in [9.17, 15) is 18.4 Å². The van der Waals surface area contributed by atoms with Crippen molar-refractivity contribution in [2.45, 2.75) is 51.9 Å². The summed E-state index contributed by atoms with van der Waals surface area (Å²) in [6, 6.07) is 19.1. The zero-order valence-corrected chi connectivity index (χ0v) is 35.6. The Hall–Kier alpha value is -5.69. The smallest absolute Gasteiger partial charge is 0.350 e. The van der Waals surface area contributed by atoms with Gasteiger partial charge in [0.05, 0.1) is 25.4 Å². The number of benzene rings is 3. The largest absolute Gasteiger partial charge is 0.491 e. The van der Waals surface area contributed by atoms with Crippen molar-refractivity contribution in [3.63, 3.8) is 0 Å². The zero-order chi connectivity index (χ0) is 43.4. The molecule has 3 saturated heterocycles. The number of nitrogens with zero attached hydrogens (tertiary/aromatic N) is 10. The van der Waals surface area contributed by atoms with Crippen LogP contribution in [-0.2, 0) is 37.9 Å². The Morgan fingerprint density at radius 1 is 0.871 bits per heavy atom. The van der Waals surface area contributed by atoms with Crippen molar-refractivity contribution in [1.29, 1.82) is 0 Å². The van der Waals surface area contributed by atoms with E-state index in [-0.39, 0.29) is 50.1 Å². The minimum Gasteiger partial charge on any atom is -0.491 e. The van der Waals surface area contributed by atoms with Gasteiger partial charge in [-0.15, -0.1) is 0 Å². The van der Waals surface area contributed by atoms with E-state index in [4.69, 9.17) is 18.9 Å². The summed E-state index contributed by atoms with van der Waals surface area (Å²) in [5, 5.41) is 8.51. The minimum absolute atomic E-state index is 0.0195. The Balaban J connectivity index is 0.817. The number of piperazine rings is 2. The molecular formula is C44H54F2N10O6. The third-order valence-electron chi connectivity index (χ3n) is 11.7. The molecule has 0 saturated carbocycles. The molecule has 0 bridgehead atoms. The molecule has 3 fully saturated rings. The number of rotatable bonds is 14. The quantitative estimate of drug-likeness (QED) is 0.150. The van der Waals surface area contributed by atoms with Crippen molar-refractivity contribution >= 4 is 17.3 Å². The van der Waals surface area contributed by atoms with Crippen LogP contribution in [0.5, 0.6) is 5.75 Å². The van der Waals surface area contributed by atoms with E-state index in [0.29, 0.717) is 11.4 Å². The lowest BCUT2D eigenvalue weighted by molar-refractivity contribution is -0.192. The molecule has 3 aromatic carbocycles. The van der Waals surface area contributed by atoms with Crippen molar-refractivity contribution in [1.82, 2.24) is 38.9 Å². The van der Waals surface area contributed by atoms with Gasteiger partial charge < -0.3 is 33.6 Å². The van der Waals surface area contributed by atoms with Crippen LogP contribution in [0.4, 0.5) is 20.2 Å². The van der Waals surface area contributed by atoms with Crippen LogP contribution in [0.15, 0.2) is 90.5 Å². The van der Waals surface area contributed by atoms with Crippen LogP contribution >= 0.6 is 0 Å². The van der Waals surface area contributed by atoms with Crippen molar-refractivity contribution in [2.75, 3.05) is 89.0 Å². The Labute approximate surface area is 359 Å². The van der Waals surface area contributed by atoms with Gasteiger partial charge in [-0.05, 0) is 67.7 Å². The van der Waals surface area contributed by atoms with E-state index in [1.54, 1.807) is 0 Å². The van der Waals surface area contributed by atoms with E-state index < -0.39 is 35.0 Å². The monoisotopic (exact) mass is 856 g/mol. The van der Waals surface area contributed by atoms with Gasteiger partial charge in [-0.25, -0.2) is 32.5 Å². The molecule has 0 N–H and O–H groups in total. The number of halogens is 2. The molecule has 0 amide bonds. The number of hydrogen-bond donors (Lipinski definition) is 0. The molecule has 18 heteroatoms. The Morgan fingerprint density at radius 3 is 2.16 bits per heavy atom. The summed E-state index contributed by atoms with van der Waals surface area (Å²) < 4.78 is 57.4. The first-order valence-corrected chi connectivity index (χ1v) is 21.0. The first-order valence-electron chi connectivity index (χ1n) is 21.0. The van der Waals surface area contributed by atoms with Gasteiger partial charge in [0.1, 0.15) is 61.7 Å². The lowest BCUT2D eigenvalue weighted by atomic mass is 9.89. The maximum absolute atomic E-state index is 15.0. The summed E-state index contributed by atoms with van der Waals surface area (Å²) in [5.74, 6) is -2.65. The Kier molecular flexibility index (Phi) is 12.7. The molecule has 1 unspecified atom stereocenters. The maximum Gasteiger partial charge on any atom is 0.350 e. The number of aromatic nitrogens is 6. The minimum atomic E-state index is -1.53. The SMILES string of the molecule is CN1CCN(CC(=O)OC(Cn2ncn(-c3ccc(N4CCN(c5ccc(OC[C@H]6CO[C@](Cn7cncn7)(c7ccc(F)cc7F)O6)cc5)CC4)cc3)c2=O)C(C)(C)C)CC1. The molecule has 3 aliphatic rings. The second-order valence-corrected chi connectivity index (χ2v) is 17.2. The fraction of sp³-hybridized carbons (Fsp3) is 0.477. The molecule has 5 heterocycles. The van der Waals surface area contributed by atoms with Crippen LogP contribution < -0.4 is 20.2 Å². The van der Waals surface area contributed by atoms with Crippen molar-refractivity contribution in [3.05, 3.63) is 113 Å². The van der Waals surface area contributed by atoms with E-state index in [1.807, 2.05) is 69.3 Å². The molecule has 62 heavy (non-hydrogen) atoms. The molecule has 330 valence electrons. The number of likely N-dealkylation sites (N-methyl/N-ethyl adjacent to an activating group) is 1. The standard InChI is InChI=1S/C44H54F2N10O6/c1-43(2,3)40(61-41(57)25-51-17-15-50(4)16-18-51)24-56-42(58)55(31-49-56)35-8-6-33(7-9-35)52-19-21-53(22-20-52)34-10-12-36(13-11-34)59-26-37-27-60-44(62-37,28-54-30-47-29-48-54)38-14-5-32(45)23-39(38)46/h5-14,23,29-31,37,40H,15-22,24-28H2,1-4H3/t37-,40?,44-/m0/s1. The van der Waals surface area contributed by atoms with Gasteiger partial charge in [0.25, 0.3) is 0 Å². The fourth-order valence-electron chi connectivity index (χ4n) is 7.94. The molecule has 5 aromatic rings. The number of anilines is 2. The summed E-state index contributed by atoms with van der Waals surface area (Å²) >= 11 is 0. The van der Waals surface area contributed by atoms with Crippen LogP contribution in [-0.4, -0.2) is 136 Å². The summed E-state index contributed by atoms with van der Waals surface area (Å²) in [4.78, 5) is 39.4. The zero-order valence-electron chi connectivity index (χ0n) is 35.6. The summed E-state index contributed by atoms with van der Waals surface area (Å²) in [6.07, 6.45) is 3.29. The van der Waals surface area contributed by atoms with E-state index in [1.165, 1.54) is 45.0 Å². The van der Waals surface area contributed by atoms with Gasteiger partial charge in [0.2, 0.25) is 5.79 Å². The summed E-state index contributed by atoms with van der Waals surface area (Å²) in [7, 11) is 2.08. The first kappa shape index (κ1) is 43.0. The van der Waals surface area contributed by atoms with Crippen LogP contribution in [0.3, 0.4) is 0 Å². The Morgan fingerprint density at radius 2 is 1.53 bits per heavy atom. The highest BCUT2D eigenvalue weighted by molar-refractivity contribution is 5.72. The number of ether oxygens (including phenoxy) is 4. The molecule has 0 radical (unpaired) electrons. The van der Waals surface area contributed by atoms with Crippen LogP contribution in [0.1, 0.15) is 26.3 Å². The molecule has 8 rings (SSSR count). The van der Waals surface area contributed by atoms with Crippen molar-refractivity contribution in [2.24, 2.45) is 5.41 Å². The third kappa shape index (κ3) is 9.99. The number of carbonyl (C=O) groups excluding carboxylic acids is 1. The van der Waals surface area contributed by atoms with Crippen LogP contribution in [0, 0.1) is 17.0 Å². The van der Waals surface area contributed by atoms with E-state index in [0.717, 1.165) is 69.8 Å². The molecule has 16 nitrogen and oxygen atoms in total.